The molecule has 0 aromatic heterocycles. The molecule has 1 aliphatic rings. The maximum absolute atomic E-state index is 11.3. The lowest BCUT2D eigenvalue weighted by atomic mass is 10.0. The Kier molecular flexibility index (Phi) is 5.30. The van der Waals surface area contributed by atoms with E-state index < -0.39 is 0 Å². The first-order valence-corrected chi connectivity index (χ1v) is 8.79. The molecule has 1 aliphatic heterocycles. The molecule has 1 unspecified atom stereocenters. The molecule has 5 heteroatoms. The summed E-state index contributed by atoms with van der Waals surface area (Å²) in [6.45, 7) is 1.35. The molecule has 4 nitrogen and oxygen atoms in total. The van der Waals surface area contributed by atoms with Crippen molar-refractivity contribution in [2.45, 2.75) is 23.1 Å². The van der Waals surface area contributed by atoms with Gasteiger partial charge in [-0.05, 0) is 41.8 Å². The van der Waals surface area contributed by atoms with Crippen LogP contribution in [0.3, 0.4) is 0 Å². The predicted molar refractivity (Wildman–Crippen MR) is 95.7 cm³/mol. The Balaban J connectivity index is 2.01. The molecular formula is C19H21NO3S. The SMILES string of the molecule is COc1cc2c(cc1OC)C(Sc1ccccc1)CCN(C=O)C2. The topological polar surface area (TPSA) is 38.8 Å². The second-order valence-electron chi connectivity index (χ2n) is 5.69. The van der Waals surface area contributed by atoms with Crippen molar-refractivity contribution in [3.63, 3.8) is 0 Å². The van der Waals surface area contributed by atoms with Gasteiger partial charge >= 0.3 is 0 Å². The van der Waals surface area contributed by atoms with Gasteiger partial charge in [-0.25, -0.2) is 0 Å². The van der Waals surface area contributed by atoms with E-state index in [1.54, 1.807) is 14.2 Å². The van der Waals surface area contributed by atoms with Crippen LogP contribution in [-0.2, 0) is 11.3 Å². The third-order valence-electron chi connectivity index (χ3n) is 4.21. The third-order valence-corrected chi connectivity index (χ3v) is 5.53. The first-order valence-electron chi connectivity index (χ1n) is 7.91. The number of amides is 1. The van der Waals surface area contributed by atoms with Crippen molar-refractivity contribution >= 4 is 18.2 Å². The van der Waals surface area contributed by atoms with Crippen molar-refractivity contribution in [2.24, 2.45) is 0 Å². The Morgan fingerprint density at radius 3 is 2.50 bits per heavy atom. The van der Waals surface area contributed by atoms with Gasteiger partial charge in [0.15, 0.2) is 11.5 Å². The number of ether oxygens (including phenoxy) is 2. The zero-order chi connectivity index (χ0) is 16.9. The minimum atomic E-state index is 0.271. The molecule has 3 rings (SSSR count). The first-order chi connectivity index (χ1) is 11.7. The number of carbonyl (C=O) groups excluding carboxylic acids is 1. The lowest BCUT2D eigenvalue weighted by Crippen LogP contribution is -2.21. The molecule has 0 N–H and O–H groups in total. The molecule has 1 amide bonds. The van der Waals surface area contributed by atoms with Crippen molar-refractivity contribution in [1.82, 2.24) is 4.90 Å². The van der Waals surface area contributed by atoms with Gasteiger partial charge in [0, 0.05) is 23.2 Å². The molecule has 2 aromatic rings. The zero-order valence-electron chi connectivity index (χ0n) is 13.9. The monoisotopic (exact) mass is 343 g/mol. The van der Waals surface area contributed by atoms with Crippen LogP contribution in [0.4, 0.5) is 0 Å². The molecular weight excluding hydrogens is 322 g/mol. The van der Waals surface area contributed by atoms with Gasteiger partial charge in [0.25, 0.3) is 0 Å². The molecule has 0 saturated carbocycles. The number of thioether (sulfide) groups is 1. The highest BCUT2D eigenvalue weighted by atomic mass is 32.2. The number of benzene rings is 2. The van der Waals surface area contributed by atoms with Crippen LogP contribution in [0.5, 0.6) is 11.5 Å². The fourth-order valence-electron chi connectivity index (χ4n) is 2.99. The smallest absolute Gasteiger partial charge is 0.210 e. The minimum Gasteiger partial charge on any atom is -0.493 e. The number of fused-ring (bicyclic) bond motifs is 1. The Morgan fingerprint density at radius 2 is 1.83 bits per heavy atom. The van der Waals surface area contributed by atoms with Crippen LogP contribution in [0, 0.1) is 0 Å². The van der Waals surface area contributed by atoms with Crippen molar-refractivity contribution < 1.29 is 14.3 Å². The molecule has 126 valence electrons. The third kappa shape index (κ3) is 3.51. The molecule has 0 fully saturated rings. The highest BCUT2D eigenvalue weighted by Gasteiger charge is 2.25. The van der Waals surface area contributed by atoms with Crippen LogP contribution in [0.2, 0.25) is 0 Å². The highest BCUT2D eigenvalue weighted by Crippen LogP contribution is 2.44. The molecule has 1 atom stereocenters. The van der Waals surface area contributed by atoms with Gasteiger partial charge in [-0.3, -0.25) is 4.79 Å². The Morgan fingerprint density at radius 1 is 1.12 bits per heavy atom. The van der Waals surface area contributed by atoms with E-state index in [0.717, 1.165) is 30.7 Å². The average Bonchev–Trinajstić information content (AvgIpc) is 2.80. The van der Waals surface area contributed by atoms with Crippen LogP contribution in [-0.4, -0.2) is 32.1 Å². The largest absolute Gasteiger partial charge is 0.493 e. The normalized spacial score (nSPS) is 16.9. The van der Waals surface area contributed by atoms with E-state index in [2.05, 4.69) is 18.2 Å². The lowest BCUT2D eigenvalue weighted by Gasteiger charge is -2.19. The fourth-order valence-corrected chi connectivity index (χ4v) is 4.20. The van der Waals surface area contributed by atoms with Gasteiger partial charge in [-0.1, -0.05) is 18.2 Å². The lowest BCUT2D eigenvalue weighted by molar-refractivity contribution is -0.118. The standard InChI is InChI=1S/C19H21NO3S/c1-22-17-10-14-12-20(13-21)9-8-19(16(14)11-18(17)23-2)24-15-6-4-3-5-7-15/h3-7,10-11,13,19H,8-9,12H2,1-2H3. The van der Waals surface area contributed by atoms with Gasteiger partial charge in [-0.15, -0.1) is 11.8 Å². The minimum absolute atomic E-state index is 0.271. The van der Waals surface area contributed by atoms with Crippen LogP contribution in [0.15, 0.2) is 47.4 Å². The van der Waals surface area contributed by atoms with Crippen LogP contribution < -0.4 is 9.47 Å². The quantitative estimate of drug-likeness (QED) is 0.772. The Labute approximate surface area is 146 Å². The summed E-state index contributed by atoms with van der Waals surface area (Å²) in [6.07, 6.45) is 1.83. The summed E-state index contributed by atoms with van der Waals surface area (Å²) < 4.78 is 10.9. The summed E-state index contributed by atoms with van der Waals surface area (Å²) >= 11 is 1.83. The number of nitrogens with zero attached hydrogens (tertiary/aromatic N) is 1. The fraction of sp³-hybridized carbons (Fsp3) is 0.316. The van der Waals surface area contributed by atoms with Crippen molar-refractivity contribution in [2.75, 3.05) is 20.8 Å². The summed E-state index contributed by atoms with van der Waals surface area (Å²) in [6, 6.07) is 14.4. The average molecular weight is 343 g/mol. The maximum atomic E-state index is 11.3. The van der Waals surface area contributed by atoms with E-state index in [1.165, 1.54) is 10.5 Å². The zero-order valence-corrected chi connectivity index (χ0v) is 14.7. The number of hydrogen-bond acceptors (Lipinski definition) is 4. The van der Waals surface area contributed by atoms with E-state index in [4.69, 9.17) is 9.47 Å². The van der Waals surface area contributed by atoms with Gasteiger partial charge in [0.1, 0.15) is 0 Å². The first kappa shape index (κ1) is 16.7. The van der Waals surface area contributed by atoms with Crippen LogP contribution in [0.25, 0.3) is 0 Å². The van der Waals surface area contributed by atoms with Gasteiger partial charge in [0.2, 0.25) is 6.41 Å². The Hall–Kier alpha value is -2.14. The van der Waals surface area contributed by atoms with Gasteiger partial charge < -0.3 is 14.4 Å². The second kappa shape index (κ2) is 7.62. The van der Waals surface area contributed by atoms with Crippen molar-refractivity contribution in [1.29, 1.82) is 0 Å². The molecule has 0 saturated heterocycles. The van der Waals surface area contributed by atoms with E-state index in [1.807, 2.05) is 40.9 Å². The number of hydrogen-bond donors (Lipinski definition) is 0. The second-order valence-corrected chi connectivity index (χ2v) is 6.97. The molecule has 1 heterocycles. The molecule has 0 spiro atoms. The summed E-state index contributed by atoms with van der Waals surface area (Å²) in [5.41, 5.74) is 2.33. The molecule has 0 bridgehead atoms. The van der Waals surface area contributed by atoms with E-state index in [9.17, 15) is 4.79 Å². The molecule has 2 aromatic carbocycles. The van der Waals surface area contributed by atoms with E-state index in [-0.39, 0.29) is 5.25 Å². The Bertz CT molecular complexity index is 705. The van der Waals surface area contributed by atoms with E-state index >= 15 is 0 Å². The van der Waals surface area contributed by atoms with Crippen LogP contribution in [0.1, 0.15) is 22.8 Å². The van der Waals surface area contributed by atoms with Gasteiger partial charge in [-0.2, -0.15) is 0 Å². The maximum Gasteiger partial charge on any atom is 0.210 e. The number of rotatable bonds is 5. The van der Waals surface area contributed by atoms with Crippen molar-refractivity contribution in [3.05, 3.63) is 53.6 Å². The summed E-state index contributed by atoms with van der Waals surface area (Å²) in [5, 5.41) is 0.271. The summed E-state index contributed by atoms with van der Waals surface area (Å²) in [7, 11) is 3.28. The summed E-state index contributed by atoms with van der Waals surface area (Å²) in [4.78, 5) is 14.4. The van der Waals surface area contributed by atoms with Crippen molar-refractivity contribution in [3.8, 4) is 11.5 Å². The highest BCUT2D eigenvalue weighted by molar-refractivity contribution is 7.99. The molecule has 24 heavy (non-hydrogen) atoms. The van der Waals surface area contributed by atoms with Crippen LogP contribution >= 0.6 is 11.8 Å². The number of carbonyl (C=O) groups is 1. The number of methoxy groups -OCH3 is 2. The van der Waals surface area contributed by atoms with E-state index in [0.29, 0.717) is 12.3 Å². The molecule has 0 radical (unpaired) electrons. The summed E-state index contributed by atoms with van der Waals surface area (Å²) in [5.74, 6) is 1.43. The van der Waals surface area contributed by atoms with Gasteiger partial charge in [0.05, 0.1) is 14.2 Å². The predicted octanol–water partition coefficient (Wildman–Crippen LogP) is 3.90. The molecule has 0 aliphatic carbocycles.